The van der Waals surface area contributed by atoms with Crippen molar-refractivity contribution in [2.75, 3.05) is 13.2 Å². The summed E-state index contributed by atoms with van der Waals surface area (Å²) in [6.07, 6.45) is 34.5. The maximum Gasteiger partial charge on any atom is 0.192 e. The minimum atomic E-state index is -1.79. The van der Waals surface area contributed by atoms with Crippen LogP contribution in [0, 0.1) is 64.6 Å². The predicted molar refractivity (Wildman–Crippen MR) is 206 cm³/mol. The van der Waals surface area contributed by atoms with Gasteiger partial charge in [0.05, 0.1) is 0 Å². The lowest BCUT2D eigenvalue weighted by atomic mass is 9.52. The zero-order valence-corrected chi connectivity index (χ0v) is 33.4. The van der Waals surface area contributed by atoms with E-state index in [-0.39, 0.29) is 5.41 Å². The van der Waals surface area contributed by atoms with Crippen molar-refractivity contribution in [2.45, 2.75) is 142 Å². The zero-order chi connectivity index (χ0) is 33.1. The monoisotopic (exact) mass is 677 g/mol. The van der Waals surface area contributed by atoms with Crippen molar-refractivity contribution in [2.24, 2.45) is 64.6 Å². The minimum absolute atomic E-state index is 0.209. The molecule has 0 aromatic heterocycles. The third kappa shape index (κ3) is 6.62. The van der Waals surface area contributed by atoms with Gasteiger partial charge in [-0.2, -0.15) is 0 Å². The Morgan fingerprint density at radius 2 is 0.894 bits per heavy atom. The van der Waals surface area contributed by atoms with Crippen molar-refractivity contribution in [1.82, 2.24) is 0 Å². The molecule has 47 heavy (non-hydrogen) atoms. The molecular weight excluding hydrogens is 605 g/mol. The van der Waals surface area contributed by atoms with Gasteiger partial charge < -0.3 is 8.85 Å². The molecule has 0 bridgehead atoms. The lowest BCUT2D eigenvalue weighted by Gasteiger charge is -2.54. The molecule has 0 amide bonds. The second-order valence-electron chi connectivity index (χ2n) is 17.1. The van der Waals surface area contributed by atoms with E-state index in [1.54, 1.807) is 0 Å². The SMILES string of the molecule is CC[Si](CC)(CC)OCCCC(CO[Si](CC)(CC)CC)(C1C2C=CC=CC2C2CCCCC21)C1C2C=CC=CC2C2CCCCC21. The van der Waals surface area contributed by atoms with Crippen LogP contribution < -0.4 is 0 Å². The highest BCUT2D eigenvalue weighted by atomic mass is 28.4. The summed E-state index contributed by atoms with van der Waals surface area (Å²) in [4.78, 5) is 0. The van der Waals surface area contributed by atoms with Crippen molar-refractivity contribution >= 4 is 16.6 Å². The molecule has 0 aromatic rings. The zero-order valence-electron chi connectivity index (χ0n) is 31.4. The second-order valence-corrected chi connectivity index (χ2v) is 26.6. The fourth-order valence-electron chi connectivity index (χ4n) is 13.2. The first-order valence-corrected chi connectivity index (χ1v) is 26.0. The fourth-order valence-corrected chi connectivity index (χ4v) is 18.6. The van der Waals surface area contributed by atoms with Crippen LogP contribution in [0.3, 0.4) is 0 Å². The Labute approximate surface area is 293 Å². The largest absolute Gasteiger partial charge is 0.417 e. The summed E-state index contributed by atoms with van der Waals surface area (Å²) in [6, 6.07) is 7.54. The van der Waals surface area contributed by atoms with Crippen LogP contribution in [-0.4, -0.2) is 29.8 Å². The van der Waals surface area contributed by atoms with Crippen molar-refractivity contribution in [3.05, 3.63) is 48.6 Å². The van der Waals surface area contributed by atoms with Gasteiger partial charge in [0.15, 0.2) is 16.6 Å². The molecule has 0 saturated heterocycles. The summed E-state index contributed by atoms with van der Waals surface area (Å²) in [5, 5.41) is 0. The van der Waals surface area contributed by atoms with Gasteiger partial charge in [0, 0.05) is 13.2 Å². The molecule has 264 valence electrons. The third-order valence-corrected chi connectivity index (χ3v) is 25.3. The molecule has 0 aliphatic heterocycles. The summed E-state index contributed by atoms with van der Waals surface area (Å²) >= 11 is 0. The third-order valence-electron chi connectivity index (χ3n) is 16.0. The summed E-state index contributed by atoms with van der Waals surface area (Å²) in [6.45, 7) is 16.6. The van der Waals surface area contributed by atoms with E-state index in [4.69, 9.17) is 8.85 Å². The molecule has 2 nitrogen and oxygen atoms in total. The first-order valence-electron chi connectivity index (χ1n) is 20.9. The Bertz CT molecular complexity index is 1050. The molecule has 6 rings (SSSR count). The molecule has 6 aliphatic carbocycles. The summed E-state index contributed by atoms with van der Waals surface area (Å²) in [5.41, 5.74) is 0.209. The Hall–Kier alpha value is -0.686. The highest BCUT2D eigenvalue weighted by molar-refractivity contribution is 6.74. The van der Waals surface area contributed by atoms with E-state index in [0.29, 0.717) is 11.8 Å². The number of hydrogen-bond acceptors (Lipinski definition) is 2. The quantitative estimate of drug-likeness (QED) is 0.120. The molecule has 0 spiro atoms. The van der Waals surface area contributed by atoms with Gasteiger partial charge in [-0.25, -0.2) is 0 Å². The highest BCUT2D eigenvalue weighted by Gasteiger charge is 2.64. The van der Waals surface area contributed by atoms with Gasteiger partial charge in [-0.15, -0.1) is 0 Å². The van der Waals surface area contributed by atoms with Crippen molar-refractivity contribution < 1.29 is 8.85 Å². The van der Waals surface area contributed by atoms with E-state index in [1.807, 2.05) is 0 Å². The van der Waals surface area contributed by atoms with Crippen LogP contribution in [0.15, 0.2) is 48.6 Å². The topological polar surface area (TPSA) is 18.5 Å². The smallest absolute Gasteiger partial charge is 0.192 e. The van der Waals surface area contributed by atoms with Crippen LogP contribution in [0.25, 0.3) is 0 Å². The van der Waals surface area contributed by atoms with Gasteiger partial charge in [0.2, 0.25) is 0 Å². The molecule has 6 aliphatic rings. The van der Waals surface area contributed by atoms with E-state index >= 15 is 0 Å². The molecule has 0 radical (unpaired) electrons. The van der Waals surface area contributed by atoms with E-state index in [0.717, 1.165) is 60.6 Å². The first kappa shape index (κ1) is 36.1. The molecule has 10 unspecified atom stereocenters. The molecule has 0 N–H and O–H groups in total. The number of fused-ring (bicyclic) bond motifs is 6. The van der Waals surface area contributed by atoms with Crippen LogP contribution in [0.4, 0.5) is 0 Å². The predicted octanol–water partition coefficient (Wildman–Crippen LogP) is 12.4. The Morgan fingerprint density at radius 3 is 1.32 bits per heavy atom. The normalized spacial score (nSPS) is 37.3. The Kier molecular flexibility index (Phi) is 12.1. The fraction of sp³-hybridized carbons (Fsp3) is 0.814. The van der Waals surface area contributed by atoms with Gasteiger partial charge in [-0.3, -0.25) is 0 Å². The molecular formula is C43H72O2Si2. The number of rotatable bonds is 16. The average molecular weight is 677 g/mol. The summed E-state index contributed by atoms with van der Waals surface area (Å²) in [5.74, 6) is 7.70. The maximum atomic E-state index is 7.77. The van der Waals surface area contributed by atoms with E-state index < -0.39 is 16.6 Å². The van der Waals surface area contributed by atoms with Gasteiger partial charge >= 0.3 is 0 Å². The maximum absolute atomic E-state index is 7.77. The van der Waals surface area contributed by atoms with Crippen LogP contribution in [0.1, 0.15) is 106 Å². The van der Waals surface area contributed by atoms with E-state index in [2.05, 4.69) is 90.2 Å². The minimum Gasteiger partial charge on any atom is -0.417 e. The molecule has 0 aromatic carbocycles. The van der Waals surface area contributed by atoms with E-state index in [9.17, 15) is 0 Å². The number of hydrogen-bond donors (Lipinski definition) is 0. The van der Waals surface area contributed by atoms with Crippen molar-refractivity contribution in [3.63, 3.8) is 0 Å². The number of allylic oxidation sites excluding steroid dienone is 8. The van der Waals surface area contributed by atoms with E-state index in [1.165, 1.54) is 100 Å². The van der Waals surface area contributed by atoms with Gasteiger partial charge in [-0.05, 0) is 139 Å². The second kappa shape index (κ2) is 15.7. The van der Waals surface area contributed by atoms with Crippen LogP contribution in [0.2, 0.25) is 36.3 Å². The molecule has 4 fully saturated rings. The average Bonchev–Trinajstić information content (AvgIpc) is 3.66. The highest BCUT2D eigenvalue weighted by Crippen LogP contribution is 2.69. The Morgan fingerprint density at radius 1 is 0.511 bits per heavy atom. The lowest BCUT2D eigenvalue weighted by Crippen LogP contribution is -2.53. The van der Waals surface area contributed by atoms with Gasteiger partial charge in [-0.1, -0.05) is 116 Å². The molecule has 4 heteroatoms. The van der Waals surface area contributed by atoms with Crippen LogP contribution in [-0.2, 0) is 8.85 Å². The van der Waals surface area contributed by atoms with Gasteiger partial charge in [0.25, 0.3) is 0 Å². The lowest BCUT2D eigenvalue weighted by molar-refractivity contribution is -0.0708. The summed E-state index contributed by atoms with van der Waals surface area (Å²) < 4.78 is 14.9. The van der Waals surface area contributed by atoms with Crippen molar-refractivity contribution in [1.29, 1.82) is 0 Å². The molecule has 0 heterocycles. The summed E-state index contributed by atoms with van der Waals surface area (Å²) in [7, 11) is -3.41. The molecule has 10 atom stereocenters. The molecule has 4 saturated carbocycles. The van der Waals surface area contributed by atoms with Crippen molar-refractivity contribution in [3.8, 4) is 0 Å². The Balaban J connectivity index is 1.47. The standard InChI is InChI=1S/C43H72O2Si2/c1-7-46(8-2,9-3)44-31-21-30-43(32-45-47(10-4,11-5)12-6,41-37-26-17-13-22-33(37)34-23-14-18-27-38(34)41)42-39-28-19-15-24-35(39)36-25-16-20-29-40(36)42/h13,15,17,19,22,24,26,28,33-42H,7-12,14,16,18,20-21,23,25,27,29-32H2,1-6H3. The first-order chi connectivity index (χ1) is 23.0. The van der Waals surface area contributed by atoms with Gasteiger partial charge in [0.1, 0.15) is 0 Å². The van der Waals surface area contributed by atoms with Crippen LogP contribution >= 0.6 is 0 Å². The van der Waals surface area contributed by atoms with Crippen LogP contribution in [0.5, 0.6) is 0 Å².